The lowest BCUT2D eigenvalue weighted by molar-refractivity contribution is -0.131. The number of carbonyl (C=O) groups is 1. The molecule has 1 saturated carbocycles. The predicted octanol–water partition coefficient (Wildman–Crippen LogP) is 2.66. The van der Waals surface area contributed by atoms with Crippen LogP contribution < -0.4 is 5.32 Å². The largest absolute Gasteiger partial charge is 0.351 e. The number of likely N-dealkylation sites (tertiary alicyclic amines) is 1. The van der Waals surface area contributed by atoms with Crippen LogP contribution in [0.3, 0.4) is 0 Å². The second-order valence-electron chi connectivity index (χ2n) is 7.47. The highest BCUT2D eigenvalue weighted by Gasteiger charge is 2.45. The summed E-state index contributed by atoms with van der Waals surface area (Å²) in [5, 5.41) is 3.02. The van der Waals surface area contributed by atoms with Gasteiger partial charge in [-0.1, -0.05) is 0 Å². The average Bonchev–Trinajstić information content (AvgIpc) is 2.24. The highest BCUT2D eigenvalue weighted by atomic mass is 19.3. The second kappa shape index (κ2) is 5.58. The summed E-state index contributed by atoms with van der Waals surface area (Å²) in [5.41, 5.74) is -0.213. The molecule has 0 spiro atoms. The van der Waals surface area contributed by atoms with Crippen molar-refractivity contribution in [3.8, 4) is 0 Å². The number of alkyl halides is 2. The van der Waals surface area contributed by atoms with Gasteiger partial charge in [-0.05, 0) is 46.1 Å². The minimum absolute atomic E-state index is 0.00330. The summed E-state index contributed by atoms with van der Waals surface area (Å²) in [6.45, 7) is 8.28. The lowest BCUT2D eigenvalue weighted by Crippen LogP contribution is -2.50. The van der Waals surface area contributed by atoms with Crippen molar-refractivity contribution in [2.24, 2.45) is 11.8 Å². The molecule has 1 aliphatic heterocycles. The zero-order valence-corrected chi connectivity index (χ0v) is 12.7. The minimum atomic E-state index is -2.44. The SMILES string of the molecule is CC(C)(C)NC(=O)C1CCCN(CC2CC(F)(F)C2)C1. The monoisotopic (exact) mass is 288 g/mol. The van der Waals surface area contributed by atoms with Crippen molar-refractivity contribution in [2.75, 3.05) is 19.6 Å². The Hall–Kier alpha value is -0.710. The molecule has 0 radical (unpaired) electrons. The van der Waals surface area contributed by atoms with Crippen molar-refractivity contribution in [1.82, 2.24) is 10.2 Å². The molecule has 116 valence electrons. The third kappa shape index (κ3) is 4.40. The van der Waals surface area contributed by atoms with E-state index in [1.54, 1.807) is 0 Å². The molecule has 1 aliphatic carbocycles. The molecule has 1 amide bonds. The van der Waals surface area contributed by atoms with E-state index in [2.05, 4.69) is 10.2 Å². The molecule has 1 saturated heterocycles. The van der Waals surface area contributed by atoms with Gasteiger partial charge >= 0.3 is 0 Å². The molecule has 1 heterocycles. The van der Waals surface area contributed by atoms with Crippen LogP contribution in [0.5, 0.6) is 0 Å². The Balaban J connectivity index is 1.78. The van der Waals surface area contributed by atoms with Crippen molar-refractivity contribution in [2.45, 2.75) is 57.9 Å². The van der Waals surface area contributed by atoms with Gasteiger partial charge in [0.15, 0.2) is 0 Å². The van der Waals surface area contributed by atoms with E-state index in [9.17, 15) is 13.6 Å². The maximum absolute atomic E-state index is 12.9. The third-order valence-corrected chi connectivity index (χ3v) is 4.07. The van der Waals surface area contributed by atoms with Crippen LogP contribution in [-0.4, -0.2) is 41.9 Å². The van der Waals surface area contributed by atoms with Crippen molar-refractivity contribution >= 4 is 5.91 Å². The maximum atomic E-state index is 12.9. The average molecular weight is 288 g/mol. The predicted molar refractivity (Wildman–Crippen MR) is 74.7 cm³/mol. The van der Waals surface area contributed by atoms with Crippen molar-refractivity contribution in [1.29, 1.82) is 0 Å². The number of nitrogens with one attached hydrogen (secondary N) is 1. The van der Waals surface area contributed by atoms with E-state index in [1.807, 2.05) is 20.8 Å². The van der Waals surface area contributed by atoms with Crippen LogP contribution in [0, 0.1) is 11.8 Å². The van der Waals surface area contributed by atoms with Gasteiger partial charge in [0.1, 0.15) is 0 Å². The first-order valence-corrected chi connectivity index (χ1v) is 7.57. The van der Waals surface area contributed by atoms with Crippen molar-refractivity contribution in [3.05, 3.63) is 0 Å². The molecule has 0 aromatic rings. The molecular weight excluding hydrogens is 262 g/mol. The number of nitrogens with zero attached hydrogens (tertiary/aromatic N) is 1. The maximum Gasteiger partial charge on any atom is 0.248 e. The van der Waals surface area contributed by atoms with Crippen LogP contribution >= 0.6 is 0 Å². The zero-order valence-electron chi connectivity index (χ0n) is 12.7. The van der Waals surface area contributed by atoms with Crippen LogP contribution in [0.15, 0.2) is 0 Å². The summed E-state index contributed by atoms with van der Waals surface area (Å²) in [6, 6.07) is 0. The van der Waals surface area contributed by atoms with Gasteiger partial charge in [0.2, 0.25) is 11.8 Å². The first-order valence-electron chi connectivity index (χ1n) is 7.57. The second-order valence-corrected chi connectivity index (χ2v) is 7.47. The van der Waals surface area contributed by atoms with Crippen LogP contribution in [0.2, 0.25) is 0 Å². The van der Waals surface area contributed by atoms with E-state index in [0.29, 0.717) is 6.54 Å². The highest BCUT2D eigenvalue weighted by molar-refractivity contribution is 5.79. The van der Waals surface area contributed by atoms with Gasteiger partial charge in [0.05, 0.1) is 5.92 Å². The molecule has 1 N–H and O–H groups in total. The van der Waals surface area contributed by atoms with Gasteiger partial charge in [-0.3, -0.25) is 4.79 Å². The number of piperidine rings is 1. The van der Waals surface area contributed by atoms with E-state index in [0.717, 1.165) is 25.9 Å². The number of halogens is 2. The number of rotatable bonds is 3. The standard InChI is InChI=1S/C15H26F2N2O/c1-14(2,3)18-13(20)12-5-4-6-19(10-12)9-11-7-15(16,17)8-11/h11-12H,4-10H2,1-3H3,(H,18,20). The number of amides is 1. The molecular formula is C15H26F2N2O. The van der Waals surface area contributed by atoms with Crippen LogP contribution in [-0.2, 0) is 4.79 Å². The highest BCUT2D eigenvalue weighted by Crippen LogP contribution is 2.42. The van der Waals surface area contributed by atoms with Gasteiger partial charge in [0, 0.05) is 31.5 Å². The fourth-order valence-corrected chi connectivity index (χ4v) is 3.19. The summed E-state index contributed by atoms with van der Waals surface area (Å²) in [5.74, 6) is -2.23. The van der Waals surface area contributed by atoms with Gasteiger partial charge < -0.3 is 10.2 Å². The Labute approximate surface area is 120 Å². The summed E-state index contributed by atoms with van der Waals surface area (Å²) >= 11 is 0. The molecule has 2 fully saturated rings. The Bertz CT molecular complexity index is 357. The van der Waals surface area contributed by atoms with Gasteiger partial charge in [-0.15, -0.1) is 0 Å². The Morgan fingerprint density at radius 3 is 2.55 bits per heavy atom. The van der Waals surface area contributed by atoms with E-state index in [-0.39, 0.29) is 36.1 Å². The Morgan fingerprint density at radius 1 is 1.35 bits per heavy atom. The fraction of sp³-hybridized carbons (Fsp3) is 0.933. The van der Waals surface area contributed by atoms with Crippen LogP contribution in [0.4, 0.5) is 8.78 Å². The summed E-state index contributed by atoms with van der Waals surface area (Å²) in [7, 11) is 0. The lowest BCUT2D eigenvalue weighted by Gasteiger charge is -2.41. The Kier molecular flexibility index (Phi) is 4.38. The molecule has 2 rings (SSSR count). The third-order valence-electron chi connectivity index (χ3n) is 4.07. The van der Waals surface area contributed by atoms with Crippen LogP contribution in [0.1, 0.15) is 46.5 Å². The first-order chi connectivity index (χ1) is 9.15. The summed E-state index contributed by atoms with van der Waals surface area (Å²) < 4.78 is 25.7. The lowest BCUT2D eigenvalue weighted by atomic mass is 9.80. The molecule has 0 bridgehead atoms. The molecule has 1 atom stereocenters. The number of hydrogen-bond acceptors (Lipinski definition) is 2. The van der Waals surface area contributed by atoms with Crippen molar-refractivity contribution < 1.29 is 13.6 Å². The van der Waals surface area contributed by atoms with E-state index in [1.165, 1.54) is 0 Å². The smallest absolute Gasteiger partial charge is 0.248 e. The van der Waals surface area contributed by atoms with Gasteiger partial charge in [-0.2, -0.15) is 0 Å². The van der Waals surface area contributed by atoms with Crippen LogP contribution in [0.25, 0.3) is 0 Å². The summed E-state index contributed by atoms with van der Waals surface area (Å²) in [4.78, 5) is 14.4. The van der Waals surface area contributed by atoms with E-state index in [4.69, 9.17) is 0 Å². The Morgan fingerprint density at radius 2 is 2.00 bits per heavy atom. The number of hydrogen-bond donors (Lipinski definition) is 1. The molecule has 5 heteroatoms. The molecule has 0 aromatic heterocycles. The van der Waals surface area contributed by atoms with Crippen molar-refractivity contribution in [3.63, 3.8) is 0 Å². The molecule has 2 aliphatic rings. The summed E-state index contributed by atoms with van der Waals surface area (Å²) in [6.07, 6.45) is 1.91. The van der Waals surface area contributed by atoms with Gasteiger partial charge in [0.25, 0.3) is 0 Å². The molecule has 1 unspecified atom stereocenters. The molecule has 20 heavy (non-hydrogen) atoms. The topological polar surface area (TPSA) is 32.3 Å². The molecule has 0 aromatic carbocycles. The first kappa shape index (κ1) is 15.7. The molecule has 3 nitrogen and oxygen atoms in total. The number of carbonyl (C=O) groups excluding carboxylic acids is 1. The normalized spacial score (nSPS) is 27.9. The van der Waals surface area contributed by atoms with E-state index < -0.39 is 5.92 Å². The quantitative estimate of drug-likeness (QED) is 0.866. The zero-order chi connectivity index (χ0) is 15.0. The van der Waals surface area contributed by atoms with Gasteiger partial charge in [-0.25, -0.2) is 8.78 Å². The van der Waals surface area contributed by atoms with E-state index >= 15 is 0 Å². The minimum Gasteiger partial charge on any atom is -0.351 e. The fourth-order valence-electron chi connectivity index (χ4n) is 3.19.